The van der Waals surface area contributed by atoms with Crippen LogP contribution in [0, 0.1) is 0 Å². The molecule has 0 heterocycles. The summed E-state index contributed by atoms with van der Waals surface area (Å²) < 4.78 is 60.1. The van der Waals surface area contributed by atoms with Crippen molar-refractivity contribution in [2.75, 3.05) is 13.8 Å². The summed E-state index contributed by atoms with van der Waals surface area (Å²) in [5.74, 6) is 0. The molecule has 1 rings (SSSR count). The standard InChI is InChI=1S/C10H16F3NO3S.CH3F.CH4/c11-8(10(12,13)18-16)6-17-9(15)14-7-4-2-1-3-5-7;1-2;/h7-8,16H,1-6H2,(H,14,15);1H3;1H4. The van der Waals surface area contributed by atoms with Gasteiger partial charge in [-0.25, -0.2) is 9.18 Å². The molecule has 1 aliphatic carbocycles. The monoisotopic (exact) mass is 337 g/mol. The number of ether oxygens (including phenoxy) is 1. The number of carbonyl (C=O) groups is 1. The third kappa shape index (κ3) is 9.02. The largest absolute Gasteiger partial charge is 0.446 e. The van der Waals surface area contributed by atoms with E-state index in [1.807, 2.05) is 0 Å². The Morgan fingerprint density at radius 3 is 2.38 bits per heavy atom. The molecule has 1 fully saturated rings. The highest BCUT2D eigenvalue weighted by Gasteiger charge is 2.42. The van der Waals surface area contributed by atoms with Crippen LogP contribution in [-0.2, 0) is 4.74 Å². The lowest BCUT2D eigenvalue weighted by Gasteiger charge is -2.23. The van der Waals surface area contributed by atoms with Gasteiger partial charge in [0, 0.05) is 6.04 Å². The van der Waals surface area contributed by atoms with Gasteiger partial charge in [0.25, 0.3) is 0 Å². The Labute approximate surface area is 126 Å². The molecule has 1 saturated carbocycles. The zero-order valence-electron chi connectivity index (χ0n) is 11.1. The zero-order valence-corrected chi connectivity index (χ0v) is 11.9. The number of hydrogen-bond acceptors (Lipinski definition) is 4. The van der Waals surface area contributed by atoms with E-state index < -0.39 is 36.2 Å². The molecular formula is C12H23F4NO3S. The molecule has 0 aromatic heterocycles. The summed E-state index contributed by atoms with van der Waals surface area (Å²) in [5, 5.41) is -1.47. The van der Waals surface area contributed by atoms with Crippen molar-refractivity contribution < 1.29 is 31.6 Å². The van der Waals surface area contributed by atoms with Crippen LogP contribution in [0.5, 0.6) is 0 Å². The molecular weight excluding hydrogens is 314 g/mol. The van der Waals surface area contributed by atoms with Crippen molar-refractivity contribution >= 4 is 18.1 Å². The highest BCUT2D eigenvalue weighted by atomic mass is 32.2. The third-order valence-electron chi connectivity index (χ3n) is 2.77. The summed E-state index contributed by atoms with van der Waals surface area (Å²) in [4.78, 5) is 11.2. The van der Waals surface area contributed by atoms with Crippen LogP contribution in [0.3, 0.4) is 0 Å². The van der Waals surface area contributed by atoms with E-state index in [-0.39, 0.29) is 13.5 Å². The molecule has 4 nitrogen and oxygen atoms in total. The fourth-order valence-corrected chi connectivity index (χ4v) is 1.94. The van der Waals surface area contributed by atoms with Crippen molar-refractivity contribution in [2.24, 2.45) is 0 Å². The first-order chi connectivity index (χ1) is 9.45. The van der Waals surface area contributed by atoms with Crippen LogP contribution in [0.2, 0.25) is 0 Å². The van der Waals surface area contributed by atoms with E-state index in [1.165, 1.54) is 0 Å². The zero-order chi connectivity index (χ0) is 15.6. The Morgan fingerprint density at radius 2 is 1.90 bits per heavy atom. The van der Waals surface area contributed by atoms with Crippen molar-refractivity contribution in [1.82, 2.24) is 5.32 Å². The predicted molar refractivity (Wildman–Crippen MR) is 75.2 cm³/mol. The van der Waals surface area contributed by atoms with Crippen LogP contribution in [0.4, 0.5) is 22.4 Å². The molecule has 1 atom stereocenters. The molecule has 0 saturated heterocycles. The maximum Gasteiger partial charge on any atom is 0.407 e. The second-order valence-corrected chi connectivity index (χ2v) is 4.93. The molecule has 1 aliphatic rings. The number of carbonyl (C=O) groups excluding carboxylic acids is 1. The van der Waals surface area contributed by atoms with Crippen molar-refractivity contribution in [3.05, 3.63) is 0 Å². The molecule has 0 aliphatic heterocycles. The van der Waals surface area contributed by atoms with Gasteiger partial charge in [0.15, 0.2) is 0 Å². The summed E-state index contributed by atoms with van der Waals surface area (Å²) in [6.07, 6.45) is 1.10. The van der Waals surface area contributed by atoms with Crippen molar-refractivity contribution in [2.45, 2.75) is 57.0 Å². The SMILES string of the molecule is C.CF.O=C(NC1CCCCC1)OCC(F)C(F)(F)SO. The molecule has 0 spiro atoms. The number of hydrogen-bond donors (Lipinski definition) is 2. The molecule has 1 unspecified atom stereocenters. The van der Waals surface area contributed by atoms with Crippen LogP contribution in [0.25, 0.3) is 0 Å². The minimum Gasteiger partial charge on any atom is -0.446 e. The molecule has 9 heteroatoms. The van der Waals surface area contributed by atoms with Gasteiger partial charge in [0.1, 0.15) is 6.61 Å². The number of alkyl carbamates (subject to hydrolysis) is 1. The van der Waals surface area contributed by atoms with Gasteiger partial charge in [0.05, 0.1) is 19.2 Å². The quantitative estimate of drug-likeness (QED) is 0.576. The van der Waals surface area contributed by atoms with E-state index in [1.54, 1.807) is 0 Å². The van der Waals surface area contributed by atoms with Crippen LogP contribution >= 0.6 is 12.0 Å². The maximum absolute atomic E-state index is 12.9. The average molecular weight is 337 g/mol. The average Bonchev–Trinajstić information content (AvgIpc) is 2.47. The van der Waals surface area contributed by atoms with Gasteiger partial charge >= 0.3 is 11.3 Å². The first kappa shape index (κ1) is 22.6. The Morgan fingerprint density at radius 1 is 1.38 bits per heavy atom. The molecule has 0 radical (unpaired) electrons. The minimum absolute atomic E-state index is 0. The van der Waals surface area contributed by atoms with Crippen molar-refractivity contribution in [3.63, 3.8) is 0 Å². The van der Waals surface area contributed by atoms with Crippen LogP contribution < -0.4 is 5.32 Å². The van der Waals surface area contributed by atoms with Gasteiger partial charge in [-0.15, -0.1) is 0 Å². The molecule has 0 aromatic rings. The minimum atomic E-state index is -3.97. The van der Waals surface area contributed by atoms with E-state index in [4.69, 9.17) is 4.55 Å². The number of halogens is 4. The lowest BCUT2D eigenvalue weighted by molar-refractivity contribution is -0.0209. The second-order valence-electron chi connectivity index (χ2n) is 4.20. The topological polar surface area (TPSA) is 58.6 Å². The van der Waals surface area contributed by atoms with Crippen molar-refractivity contribution in [1.29, 1.82) is 0 Å². The lowest BCUT2D eigenvalue weighted by atomic mass is 9.96. The van der Waals surface area contributed by atoms with Gasteiger partial charge < -0.3 is 14.6 Å². The Bertz CT molecular complexity index is 279. The summed E-state index contributed by atoms with van der Waals surface area (Å²) in [6.45, 7) is -1.08. The molecule has 1 amide bonds. The van der Waals surface area contributed by atoms with Gasteiger partial charge in [-0.1, -0.05) is 26.7 Å². The smallest absolute Gasteiger partial charge is 0.407 e. The van der Waals surface area contributed by atoms with E-state index >= 15 is 0 Å². The highest BCUT2D eigenvalue weighted by Crippen LogP contribution is 2.32. The van der Waals surface area contributed by atoms with E-state index in [0.29, 0.717) is 7.18 Å². The van der Waals surface area contributed by atoms with Gasteiger partial charge in [-0.3, -0.25) is 4.39 Å². The van der Waals surface area contributed by atoms with Crippen molar-refractivity contribution in [3.8, 4) is 0 Å². The predicted octanol–water partition coefficient (Wildman–Crippen LogP) is 4.40. The molecule has 21 heavy (non-hydrogen) atoms. The highest BCUT2D eigenvalue weighted by molar-refractivity contribution is 7.94. The fraction of sp³-hybridized carbons (Fsp3) is 0.917. The second kappa shape index (κ2) is 11.9. The third-order valence-corrected chi connectivity index (χ3v) is 3.27. The number of amides is 1. The summed E-state index contributed by atoms with van der Waals surface area (Å²) >= 11 is -0.898. The molecule has 128 valence electrons. The Hall–Kier alpha value is -0.700. The van der Waals surface area contributed by atoms with E-state index in [2.05, 4.69) is 10.1 Å². The maximum atomic E-state index is 12.9. The van der Waals surface area contributed by atoms with Gasteiger partial charge in [-0.05, 0) is 12.8 Å². The first-order valence-electron chi connectivity index (χ1n) is 6.11. The lowest BCUT2D eigenvalue weighted by Crippen LogP contribution is -2.39. The van der Waals surface area contributed by atoms with E-state index in [9.17, 15) is 22.4 Å². The molecule has 0 bridgehead atoms. The first-order valence-corrected chi connectivity index (χ1v) is 6.88. The number of alkyl halides is 4. The number of rotatable bonds is 5. The Balaban J connectivity index is 0. The van der Waals surface area contributed by atoms with Crippen LogP contribution in [0.15, 0.2) is 0 Å². The van der Waals surface area contributed by atoms with E-state index in [0.717, 1.165) is 32.1 Å². The molecule has 2 N–H and O–H groups in total. The fourth-order valence-electron chi connectivity index (χ4n) is 1.76. The normalized spacial score (nSPS) is 16.9. The van der Waals surface area contributed by atoms with Crippen LogP contribution in [-0.4, -0.2) is 41.9 Å². The van der Waals surface area contributed by atoms with Gasteiger partial charge in [-0.2, -0.15) is 8.78 Å². The van der Waals surface area contributed by atoms with Crippen LogP contribution in [0.1, 0.15) is 39.5 Å². The summed E-state index contributed by atoms with van der Waals surface area (Å²) in [5.41, 5.74) is 0. The van der Waals surface area contributed by atoms with Gasteiger partial charge in [0.2, 0.25) is 6.17 Å². The molecule has 0 aromatic carbocycles. The number of nitrogens with one attached hydrogen (secondary N) is 1. The summed E-state index contributed by atoms with van der Waals surface area (Å²) in [7, 11) is 0.500. The Kier molecular flexibility index (Phi) is 12.8. The summed E-state index contributed by atoms with van der Waals surface area (Å²) in [6, 6.07) is -0.0305.